The first-order valence-electron chi connectivity index (χ1n) is 6.21. The van der Waals surface area contributed by atoms with Crippen LogP contribution in [0.2, 0.25) is 0 Å². The van der Waals surface area contributed by atoms with E-state index in [4.69, 9.17) is 10.8 Å². The minimum absolute atomic E-state index is 0.0491. The molecule has 0 aliphatic carbocycles. The molecular formula is C12H16BrFN2O3S. The first-order chi connectivity index (χ1) is 9.36. The van der Waals surface area contributed by atoms with Crippen LogP contribution in [0.25, 0.3) is 0 Å². The normalized spacial score (nSPS) is 18.4. The fourth-order valence-corrected chi connectivity index (χ4v) is 4.08. The van der Waals surface area contributed by atoms with Crippen LogP contribution in [-0.2, 0) is 10.0 Å². The molecule has 1 saturated heterocycles. The first kappa shape index (κ1) is 15.7. The molecule has 1 heterocycles. The van der Waals surface area contributed by atoms with Gasteiger partial charge in [-0.15, -0.1) is 0 Å². The van der Waals surface area contributed by atoms with E-state index in [9.17, 15) is 12.8 Å². The average molecular weight is 367 g/mol. The maximum absolute atomic E-state index is 13.9. The molecule has 20 heavy (non-hydrogen) atoms. The second-order valence-electron chi connectivity index (χ2n) is 4.83. The number of aliphatic hydroxyl groups is 1. The lowest BCUT2D eigenvalue weighted by Gasteiger charge is -2.30. The predicted molar refractivity (Wildman–Crippen MR) is 77.1 cm³/mol. The molecule has 1 aromatic carbocycles. The number of benzene rings is 1. The lowest BCUT2D eigenvalue weighted by atomic mass is 10.00. The van der Waals surface area contributed by atoms with Gasteiger partial charge in [-0.05, 0) is 46.8 Å². The zero-order valence-electron chi connectivity index (χ0n) is 10.7. The van der Waals surface area contributed by atoms with Gasteiger partial charge < -0.3 is 10.8 Å². The number of hydrogen-bond acceptors (Lipinski definition) is 4. The highest BCUT2D eigenvalue weighted by Gasteiger charge is 2.31. The van der Waals surface area contributed by atoms with E-state index in [0.717, 1.165) is 12.1 Å². The molecule has 0 unspecified atom stereocenters. The summed E-state index contributed by atoms with van der Waals surface area (Å²) in [5, 5.41) is 9.06. The summed E-state index contributed by atoms with van der Waals surface area (Å²) in [5.41, 5.74) is 5.81. The highest BCUT2D eigenvalue weighted by atomic mass is 79.9. The Morgan fingerprint density at radius 2 is 2.00 bits per heavy atom. The summed E-state index contributed by atoms with van der Waals surface area (Å²) in [6.45, 7) is 0.611. The van der Waals surface area contributed by atoms with Crippen molar-refractivity contribution in [2.24, 2.45) is 5.92 Å². The SMILES string of the molecule is Nc1cc(S(=O)(=O)N2CCC(CO)CC2)c(F)cc1Br. The molecule has 8 heteroatoms. The van der Waals surface area contributed by atoms with E-state index in [1.54, 1.807) is 0 Å². The zero-order valence-corrected chi connectivity index (χ0v) is 13.1. The fourth-order valence-electron chi connectivity index (χ4n) is 2.21. The number of sulfonamides is 1. The van der Waals surface area contributed by atoms with Crippen LogP contribution in [0.5, 0.6) is 0 Å². The highest BCUT2D eigenvalue weighted by Crippen LogP contribution is 2.30. The number of nitrogens with two attached hydrogens (primary N) is 1. The van der Waals surface area contributed by atoms with Crippen LogP contribution in [0.1, 0.15) is 12.8 Å². The third kappa shape index (κ3) is 2.98. The molecule has 1 aliphatic rings. The molecule has 1 fully saturated rings. The Morgan fingerprint density at radius 1 is 1.40 bits per heavy atom. The van der Waals surface area contributed by atoms with E-state index in [1.807, 2.05) is 0 Å². The maximum atomic E-state index is 13.9. The predicted octanol–water partition coefficient (Wildman–Crippen LogP) is 1.56. The summed E-state index contributed by atoms with van der Waals surface area (Å²) < 4.78 is 40.3. The van der Waals surface area contributed by atoms with E-state index in [2.05, 4.69) is 15.9 Å². The standard InChI is InChI=1S/C12H16BrFN2O3S/c13-9-5-10(14)12(6-11(9)15)20(18,19)16-3-1-8(7-17)2-4-16/h5-6,8,17H,1-4,7,15H2. The lowest BCUT2D eigenvalue weighted by Crippen LogP contribution is -2.39. The van der Waals surface area contributed by atoms with Gasteiger partial charge in [-0.1, -0.05) is 0 Å². The van der Waals surface area contributed by atoms with E-state index in [1.165, 1.54) is 4.31 Å². The third-order valence-electron chi connectivity index (χ3n) is 3.50. The second kappa shape index (κ2) is 5.97. The molecule has 1 aliphatic heterocycles. The van der Waals surface area contributed by atoms with Gasteiger partial charge in [-0.2, -0.15) is 4.31 Å². The second-order valence-corrected chi connectivity index (χ2v) is 7.59. The summed E-state index contributed by atoms with van der Waals surface area (Å²) in [4.78, 5) is -0.402. The van der Waals surface area contributed by atoms with Crippen molar-refractivity contribution in [1.82, 2.24) is 4.31 Å². The molecule has 0 aromatic heterocycles. The van der Waals surface area contributed by atoms with Gasteiger partial charge in [0, 0.05) is 29.9 Å². The molecule has 0 amide bonds. The number of hydrogen-bond donors (Lipinski definition) is 2. The van der Waals surface area contributed by atoms with Crippen LogP contribution in [0.15, 0.2) is 21.5 Å². The zero-order chi connectivity index (χ0) is 14.9. The number of anilines is 1. The van der Waals surface area contributed by atoms with Crippen LogP contribution in [0.4, 0.5) is 10.1 Å². The van der Waals surface area contributed by atoms with Gasteiger partial charge in [-0.3, -0.25) is 0 Å². The molecule has 5 nitrogen and oxygen atoms in total. The summed E-state index contributed by atoms with van der Waals surface area (Å²) in [6.07, 6.45) is 1.15. The Morgan fingerprint density at radius 3 is 2.55 bits per heavy atom. The van der Waals surface area contributed by atoms with Crippen LogP contribution in [0.3, 0.4) is 0 Å². The van der Waals surface area contributed by atoms with Gasteiger partial charge >= 0.3 is 0 Å². The van der Waals surface area contributed by atoms with Gasteiger partial charge in [0.15, 0.2) is 0 Å². The summed E-state index contributed by atoms with van der Waals surface area (Å²) in [7, 11) is -3.89. The van der Waals surface area contributed by atoms with Gasteiger partial charge in [-0.25, -0.2) is 12.8 Å². The highest BCUT2D eigenvalue weighted by molar-refractivity contribution is 9.10. The van der Waals surface area contributed by atoms with Crippen LogP contribution in [-0.4, -0.2) is 37.5 Å². The summed E-state index contributed by atoms with van der Waals surface area (Å²) in [6, 6.07) is 2.19. The minimum Gasteiger partial charge on any atom is -0.398 e. The maximum Gasteiger partial charge on any atom is 0.246 e. The van der Waals surface area contributed by atoms with Crippen LogP contribution < -0.4 is 5.73 Å². The van der Waals surface area contributed by atoms with Gasteiger partial charge in [0.2, 0.25) is 10.0 Å². The fraction of sp³-hybridized carbons (Fsp3) is 0.500. The smallest absolute Gasteiger partial charge is 0.246 e. The number of nitrogens with zero attached hydrogens (tertiary/aromatic N) is 1. The van der Waals surface area contributed by atoms with E-state index in [-0.39, 0.29) is 31.3 Å². The quantitative estimate of drug-likeness (QED) is 0.795. The van der Waals surface area contributed by atoms with E-state index >= 15 is 0 Å². The molecule has 1 aromatic rings. The topological polar surface area (TPSA) is 83.6 Å². The largest absolute Gasteiger partial charge is 0.398 e. The van der Waals surface area contributed by atoms with Crippen molar-refractivity contribution in [1.29, 1.82) is 0 Å². The molecule has 112 valence electrons. The van der Waals surface area contributed by atoms with Crippen LogP contribution in [0, 0.1) is 11.7 Å². The van der Waals surface area contributed by atoms with Crippen molar-refractivity contribution in [2.75, 3.05) is 25.4 Å². The Bertz CT molecular complexity index is 601. The molecule has 0 saturated carbocycles. The Labute approximate surface area is 125 Å². The molecule has 2 rings (SSSR count). The molecule has 3 N–H and O–H groups in total. The number of piperidine rings is 1. The van der Waals surface area contributed by atoms with Crippen molar-refractivity contribution >= 4 is 31.6 Å². The Kier molecular flexibility index (Phi) is 4.68. The van der Waals surface area contributed by atoms with E-state index in [0.29, 0.717) is 17.3 Å². The van der Waals surface area contributed by atoms with E-state index < -0.39 is 20.7 Å². The van der Waals surface area contributed by atoms with Crippen LogP contribution >= 0.6 is 15.9 Å². The number of rotatable bonds is 3. The van der Waals surface area contributed by atoms with Gasteiger partial charge in [0.1, 0.15) is 10.7 Å². The van der Waals surface area contributed by atoms with Crippen molar-refractivity contribution < 1.29 is 17.9 Å². The molecular weight excluding hydrogens is 351 g/mol. The van der Waals surface area contributed by atoms with Crippen molar-refractivity contribution in [3.8, 4) is 0 Å². The number of halogens is 2. The monoisotopic (exact) mass is 366 g/mol. The molecule has 0 radical (unpaired) electrons. The third-order valence-corrected chi connectivity index (χ3v) is 6.10. The minimum atomic E-state index is -3.89. The first-order valence-corrected chi connectivity index (χ1v) is 8.45. The number of aliphatic hydroxyl groups excluding tert-OH is 1. The average Bonchev–Trinajstić information content (AvgIpc) is 2.42. The molecule has 0 spiro atoms. The molecule has 0 atom stereocenters. The van der Waals surface area contributed by atoms with Crippen molar-refractivity contribution in [3.05, 3.63) is 22.4 Å². The van der Waals surface area contributed by atoms with Gasteiger partial charge in [0.25, 0.3) is 0 Å². The Hall–Kier alpha value is -0.700. The Balaban J connectivity index is 2.30. The van der Waals surface area contributed by atoms with Crippen molar-refractivity contribution in [3.63, 3.8) is 0 Å². The summed E-state index contributed by atoms with van der Waals surface area (Å²) >= 11 is 3.06. The molecule has 0 bridgehead atoms. The summed E-state index contributed by atoms with van der Waals surface area (Å²) in [5.74, 6) is -0.711. The lowest BCUT2D eigenvalue weighted by molar-refractivity contribution is 0.170. The van der Waals surface area contributed by atoms with Gasteiger partial charge in [0.05, 0.1) is 0 Å². The van der Waals surface area contributed by atoms with Crippen molar-refractivity contribution in [2.45, 2.75) is 17.7 Å². The number of nitrogen functional groups attached to an aromatic ring is 1.